The third-order valence-electron chi connectivity index (χ3n) is 7.90. The summed E-state index contributed by atoms with van der Waals surface area (Å²) in [6, 6.07) is 31.1. The fourth-order valence-electron chi connectivity index (χ4n) is 5.61. The van der Waals surface area contributed by atoms with Gasteiger partial charge in [-0.15, -0.1) is 0 Å². The molecule has 3 nitrogen and oxygen atoms in total. The molecule has 0 unspecified atom stereocenters. The summed E-state index contributed by atoms with van der Waals surface area (Å²) < 4.78 is 6.30. The molecule has 3 aromatic carbocycles. The molecule has 3 heteroatoms. The molecule has 1 aliphatic rings. The zero-order chi connectivity index (χ0) is 26.1. The lowest BCUT2D eigenvalue weighted by Crippen LogP contribution is -2.44. The third-order valence-corrected chi connectivity index (χ3v) is 7.90. The van der Waals surface area contributed by atoms with Gasteiger partial charge in [-0.2, -0.15) is 0 Å². The topological polar surface area (TPSA) is 38.3 Å². The molecule has 194 valence electrons. The van der Waals surface area contributed by atoms with Crippen molar-refractivity contribution in [2.75, 3.05) is 0 Å². The first-order valence-electron chi connectivity index (χ1n) is 13.7. The van der Waals surface area contributed by atoms with Crippen LogP contribution < -0.4 is 5.32 Å². The maximum atomic E-state index is 13.4. The average molecular weight is 496 g/mol. The number of rotatable bonds is 10. The van der Waals surface area contributed by atoms with Crippen LogP contribution >= 0.6 is 0 Å². The van der Waals surface area contributed by atoms with Crippen molar-refractivity contribution in [3.05, 3.63) is 114 Å². The van der Waals surface area contributed by atoms with Gasteiger partial charge in [-0.05, 0) is 40.9 Å². The first-order chi connectivity index (χ1) is 17.9. The van der Waals surface area contributed by atoms with Gasteiger partial charge < -0.3 is 10.1 Å². The molecule has 1 aliphatic carbocycles. The highest BCUT2D eigenvalue weighted by Gasteiger charge is 2.42. The van der Waals surface area contributed by atoms with Gasteiger partial charge in [0.25, 0.3) is 0 Å². The van der Waals surface area contributed by atoms with Crippen molar-refractivity contribution in [3.8, 4) is 0 Å². The maximum absolute atomic E-state index is 13.4. The molecule has 0 heterocycles. The van der Waals surface area contributed by atoms with E-state index in [9.17, 15) is 4.79 Å². The zero-order valence-electron chi connectivity index (χ0n) is 22.5. The third kappa shape index (κ3) is 7.66. The SMILES string of the molecule is C[C@@H]1CC[C@@H](C(C)(C)c2ccccc2)[C@H](OC(=O)C[C@H](/C=C/c2ccccc2)NCc2ccccc2)C1. The van der Waals surface area contributed by atoms with Crippen LogP contribution in [0, 0.1) is 11.8 Å². The summed E-state index contributed by atoms with van der Waals surface area (Å²) in [4.78, 5) is 13.4. The van der Waals surface area contributed by atoms with E-state index in [0.717, 1.165) is 18.4 Å². The fourth-order valence-corrected chi connectivity index (χ4v) is 5.61. The number of benzene rings is 3. The van der Waals surface area contributed by atoms with Gasteiger partial charge in [0.2, 0.25) is 0 Å². The van der Waals surface area contributed by atoms with Crippen molar-refractivity contribution in [3.63, 3.8) is 0 Å². The smallest absolute Gasteiger partial charge is 0.307 e. The van der Waals surface area contributed by atoms with Gasteiger partial charge in [0.1, 0.15) is 6.10 Å². The summed E-state index contributed by atoms with van der Waals surface area (Å²) in [6.07, 6.45) is 7.59. The van der Waals surface area contributed by atoms with Crippen LogP contribution in [0.5, 0.6) is 0 Å². The van der Waals surface area contributed by atoms with E-state index in [0.29, 0.717) is 24.8 Å². The molecule has 0 aromatic heterocycles. The van der Waals surface area contributed by atoms with Crippen LogP contribution in [0.15, 0.2) is 97.1 Å². The Kier molecular flexibility index (Phi) is 9.35. The predicted octanol–water partition coefficient (Wildman–Crippen LogP) is 7.57. The standard InChI is InChI=1S/C34H41NO2/c1-26-19-22-31(34(2,3)29-17-11-6-12-18-29)32(23-26)37-33(36)24-30(21-20-27-13-7-4-8-14-27)35-25-28-15-9-5-10-16-28/h4-18,20-21,26,30-32,35H,19,22-25H2,1-3H3/b21-20+/t26-,30+,31-,32-/m1/s1. The van der Waals surface area contributed by atoms with E-state index in [4.69, 9.17) is 4.74 Å². The molecule has 3 aromatic rings. The number of nitrogens with one attached hydrogen (secondary N) is 1. The highest BCUT2D eigenvalue weighted by atomic mass is 16.5. The molecule has 4 atom stereocenters. The Bertz CT molecular complexity index is 1120. The number of carbonyl (C=O) groups is 1. The number of ether oxygens (including phenoxy) is 1. The predicted molar refractivity (Wildman–Crippen MR) is 153 cm³/mol. The van der Waals surface area contributed by atoms with Crippen LogP contribution in [0.25, 0.3) is 6.08 Å². The van der Waals surface area contributed by atoms with Crippen LogP contribution in [0.1, 0.15) is 63.1 Å². The Hall–Kier alpha value is -3.17. The molecule has 0 radical (unpaired) electrons. The lowest BCUT2D eigenvalue weighted by atomic mass is 9.64. The molecule has 37 heavy (non-hydrogen) atoms. The summed E-state index contributed by atoms with van der Waals surface area (Å²) in [6.45, 7) is 7.58. The largest absolute Gasteiger partial charge is 0.462 e. The molecule has 1 N–H and O–H groups in total. The minimum Gasteiger partial charge on any atom is -0.462 e. The summed E-state index contributed by atoms with van der Waals surface area (Å²) in [7, 11) is 0. The van der Waals surface area contributed by atoms with Crippen molar-refractivity contribution in [1.29, 1.82) is 0 Å². The highest BCUT2D eigenvalue weighted by Crippen LogP contribution is 2.43. The van der Waals surface area contributed by atoms with Gasteiger partial charge >= 0.3 is 5.97 Å². The lowest BCUT2D eigenvalue weighted by molar-refractivity contribution is -0.156. The van der Waals surface area contributed by atoms with Gasteiger partial charge in [0.05, 0.1) is 6.42 Å². The molecule has 1 saturated carbocycles. The van der Waals surface area contributed by atoms with Crippen molar-refractivity contribution >= 4 is 12.0 Å². The van der Waals surface area contributed by atoms with E-state index in [1.165, 1.54) is 17.5 Å². The fraction of sp³-hybridized carbons (Fsp3) is 0.382. The first kappa shape index (κ1) is 26.9. The molecule has 0 saturated heterocycles. The Morgan fingerprint density at radius 2 is 1.57 bits per heavy atom. The second-order valence-corrected chi connectivity index (χ2v) is 11.1. The monoisotopic (exact) mass is 495 g/mol. The van der Waals surface area contributed by atoms with Crippen LogP contribution in [0.4, 0.5) is 0 Å². The first-order valence-corrected chi connectivity index (χ1v) is 13.7. The number of esters is 1. The van der Waals surface area contributed by atoms with Crippen molar-refractivity contribution in [1.82, 2.24) is 5.32 Å². The number of hydrogen-bond donors (Lipinski definition) is 1. The maximum Gasteiger partial charge on any atom is 0.307 e. The number of carbonyl (C=O) groups excluding carboxylic acids is 1. The van der Waals surface area contributed by atoms with E-state index in [1.807, 2.05) is 36.4 Å². The molecular weight excluding hydrogens is 454 g/mol. The second-order valence-electron chi connectivity index (χ2n) is 11.1. The Morgan fingerprint density at radius 3 is 2.24 bits per heavy atom. The normalized spacial score (nSPS) is 21.0. The van der Waals surface area contributed by atoms with Crippen LogP contribution in [-0.4, -0.2) is 18.1 Å². The summed E-state index contributed by atoms with van der Waals surface area (Å²) in [5.41, 5.74) is 3.56. The molecule has 0 bridgehead atoms. The van der Waals surface area contributed by atoms with Crippen molar-refractivity contribution in [2.45, 2.75) is 70.6 Å². The van der Waals surface area contributed by atoms with Gasteiger partial charge in [0.15, 0.2) is 0 Å². The van der Waals surface area contributed by atoms with E-state index in [2.05, 4.69) is 92.8 Å². The quantitative estimate of drug-likeness (QED) is 0.295. The average Bonchev–Trinajstić information content (AvgIpc) is 2.92. The molecule has 0 aliphatic heterocycles. The van der Waals surface area contributed by atoms with Gasteiger partial charge in [-0.25, -0.2) is 0 Å². The minimum absolute atomic E-state index is 0.0650. The van der Waals surface area contributed by atoms with Crippen LogP contribution in [0.3, 0.4) is 0 Å². The van der Waals surface area contributed by atoms with E-state index in [-0.39, 0.29) is 23.5 Å². The van der Waals surface area contributed by atoms with E-state index >= 15 is 0 Å². The van der Waals surface area contributed by atoms with E-state index in [1.54, 1.807) is 0 Å². The Balaban J connectivity index is 1.46. The summed E-state index contributed by atoms with van der Waals surface area (Å²) in [5, 5.41) is 3.56. The van der Waals surface area contributed by atoms with Crippen LogP contribution in [-0.2, 0) is 21.5 Å². The van der Waals surface area contributed by atoms with Crippen molar-refractivity contribution < 1.29 is 9.53 Å². The summed E-state index contributed by atoms with van der Waals surface area (Å²) >= 11 is 0. The molecule has 0 spiro atoms. The van der Waals surface area contributed by atoms with Crippen molar-refractivity contribution in [2.24, 2.45) is 11.8 Å². The lowest BCUT2D eigenvalue weighted by Gasteiger charge is -2.44. The summed E-state index contributed by atoms with van der Waals surface area (Å²) in [5.74, 6) is 0.729. The van der Waals surface area contributed by atoms with Gasteiger partial charge in [-0.1, -0.05) is 130 Å². The van der Waals surface area contributed by atoms with E-state index < -0.39 is 0 Å². The second kappa shape index (κ2) is 12.9. The van der Waals surface area contributed by atoms with Gasteiger partial charge in [-0.3, -0.25) is 4.79 Å². The highest BCUT2D eigenvalue weighted by molar-refractivity contribution is 5.71. The Morgan fingerprint density at radius 1 is 0.946 bits per heavy atom. The van der Waals surface area contributed by atoms with Crippen LogP contribution in [0.2, 0.25) is 0 Å². The molecular formula is C34H41NO2. The minimum atomic E-state index is -0.128. The number of hydrogen-bond acceptors (Lipinski definition) is 3. The molecule has 0 amide bonds. The molecule has 4 rings (SSSR count). The zero-order valence-corrected chi connectivity index (χ0v) is 22.5. The van der Waals surface area contributed by atoms with Gasteiger partial charge in [0, 0.05) is 18.5 Å². The molecule has 1 fully saturated rings. The Labute approximate surface area is 223 Å².